The maximum Gasteiger partial charge on any atom is 0.320 e. The smallest absolute Gasteiger partial charge is 0.320 e. The Kier molecular flexibility index (Phi) is 6.07. The van der Waals surface area contributed by atoms with Gasteiger partial charge in [0, 0.05) is 43.9 Å². The molecule has 0 aliphatic carbocycles. The Balaban J connectivity index is 2.06. The molecule has 1 aromatic rings. The van der Waals surface area contributed by atoms with E-state index >= 15 is 0 Å². The fraction of sp³-hybridized carbons (Fsp3) is 0.588. The number of piperazine rings is 1. The van der Waals surface area contributed by atoms with Gasteiger partial charge in [-0.3, -0.25) is 14.6 Å². The summed E-state index contributed by atoms with van der Waals surface area (Å²) >= 11 is 0. The largest absolute Gasteiger partial charge is 0.480 e. The molecule has 1 saturated heterocycles. The third-order valence-corrected chi connectivity index (χ3v) is 4.61. The molecule has 2 atom stereocenters. The van der Waals surface area contributed by atoms with E-state index in [0.29, 0.717) is 38.2 Å². The standard InChI is InChI=1S/C17H24F2N2O2/c1-3-15(13-6-5-12(18)11-14(13)19)20-7-9-21(10-8-20)16(4-2)17(22)23/h5-6,11,15-16H,3-4,7-10H2,1-2H3,(H,22,23). The predicted molar refractivity (Wildman–Crippen MR) is 84.3 cm³/mol. The highest BCUT2D eigenvalue weighted by molar-refractivity contribution is 5.73. The van der Waals surface area contributed by atoms with E-state index in [0.717, 1.165) is 12.5 Å². The molecule has 0 spiro atoms. The van der Waals surface area contributed by atoms with E-state index in [4.69, 9.17) is 0 Å². The number of halogens is 2. The van der Waals surface area contributed by atoms with Gasteiger partial charge in [0.25, 0.3) is 0 Å². The molecule has 1 N–H and O–H groups in total. The van der Waals surface area contributed by atoms with E-state index in [2.05, 4.69) is 4.90 Å². The molecule has 4 nitrogen and oxygen atoms in total. The second-order valence-corrected chi connectivity index (χ2v) is 5.92. The molecular formula is C17H24F2N2O2. The maximum atomic E-state index is 14.1. The van der Waals surface area contributed by atoms with Crippen molar-refractivity contribution in [1.29, 1.82) is 0 Å². The lowest BCUT2D eigenvalue weighted by Crippen LogP contribution is -2.53. The van der Waals surface area contributed by atoms with E-state index in [1.54, 1.807) is 0 Å². The second-order valence-electron chi connectivity index (χ2n) is 5.92. The number of carboxylic acid groups (broad SMARTS) is 1. The minimum atomic E-state index is -0.794. The summed E-state index contributed by atoms with van der Waals surface area (Å²) in [4.78, 5) is 15.4. The van der Waals surface area contributed by atoms with Crippen LogP contribution in [0.1, 0.15) is 38.3 Å². The third-order valence-electron chi connectivity index (χ3n) is 4.61. The minimum absolute atomic E-state index is 0.109. The lowest BCUT2D eigenvalue weighted by atomic mass is 10.0. The van der Waals surface area contributed by atoms with Crippen molar-refractivity contribution in [3.05, 3.63) is 35.4 Å². The van der Waals surface area contributed by atoms with Gasteiger partial charge < -0.3 is 5.11 Å². The monoisotopic (exact) mass is 326 g/mol. The van der Waals surface area contributed by atoms with E-state index in [-0.39, 0.29) is 6.04 Å². The summed E-state index contributed by atoms with van der Waals surface area (Å²) in [6.45, 7) is 6.49. The molecule has 0 radical (unpaired) electrons. The first-order valence-electron chi connectivity index (χ1n) is 8.13. The van der Waals surface area contributed by atoms with Gasteiger partial charge in [-0.05, 0) is 18.9 Å². The van der Waals surface area contributed by atoms with E-state index in [1.165, 1.54) is 12.1 Å². The summed E-state index contributed by atoms with van der Waals surface area (Å²) in [7, 11) is 0. The van der Waals surface area contributed by atoms with E-state index in [9.17, 15) is 18.7 Å². The molecule has 2 unspecified atom stereocenters. The highest BCUT2D eigenvalue weighted by Crippen LogP contribution is 2.28. The van der Waals surface area contributed by atoms with Crippen LogP contribution in [0.4, 0.5) is 8.78 Å². The van der Waals surface area contributed by atoms with Crippen LogP contribution in [0.15, 0.2) is 18.2 Å². The zero-order valence-corrected chi connectivity index (χ0v) is 13.6. The topological polar surface area (TPSA) is 43.8 Å². The van der Waals surface area contributed by atoms with Gasteiger partial charge in [-0.25, -0.2) is 8.78 Å². The van der Waals surface area contributed by atoms with Gasteiger partial charge >= 0.3 is 5.97 Å². The Bertz CT molecular complexity index is 545. The van der Waals surface area contributed by atoms with Crippen LogP contribution in [0, 0.1) is 11.6 Å². The molecule has 0 saturated carbocycles. The van der Waals surface area contributed by atoms with Crippen LogP contribution < -0.4 is 0 Å². The number of aliphatic carboxylic acids is 1. The van der Waals surface area contributed by atoms with Gasteiger partial charge in [0.05, 0.1) is 0 Å². The average Bonchev–Trinajstić information content (AvgIpc) is 2.52. The van der Waals surface area contributed by atoms with Gasteiger partial charge in [-0.1, -0.05) is 19.9 Å². The molecule has 2 rings (SSSR count). The molecule has 0 amide bonds. The number of nitrogens with zero attached hydrogens (tertiary/aromatic N) is 2. The Morgan fingerprint density at radius 3 is 2.22 bits per heavy atom. The number of carbonyl (C=O) groups is 1. The van der Waals surface area contributed by atoms with E-state index < -0.39 is 23.6 Å². The molecule has 1 fully saturated rings. The summed E-state index contributed by atoms with van der Waals surface area (Å²) in [6.07, 6.45) is 1.29. The number of carboxylic acids is 1. The van der Waals surface area contributed by atoms with E-state index in [1.807, 2.05) is 18.7 Å². The van der Waals surface area contributed by atoms with Gasteiger partial charge in [0.15, 0.2) is 0 Å². The molecule has 6 heteroatoms. The van der Waals surface area contributed by atoms with Crippen molar-refractivity contribution in [1.82, 2.24) is 9.80 Å². The number of benzene rings is 1. The van der Waals surface area contributed by atoms with Crippen molar-refractivity contribution in [2.75, 3.05) is 26.2 Å². The molecule has 0 aromatic heterocycles. The predicted octanol–water partition coefficient (Wildman–Crippen LogP) is 2.90. The SMILES string of the molecule is CCC(C(=O)O)N1CCN(C(CC)c2ccc(F)cc2F)CC1. The lowest BCUT2D eigenvalue weighted by Gasteiger charge is -2.41. The van der Waals surface area contributed by atoms with Crippen molar-refractivity contribution in [2.24, 2.45) is 0 Å². The van der Waals surface area contributed by atoms with Crippen LogP contribution in [-0.4, -0.2) is 53.1 Å². The Hall–Kier alpha value is -1.53. The van der Waals surface area contributed by atoms with Crippen molar-refractivity contribution >= 4 is 5.97 Å². The van der Waals surface area contributed by atoms with Crippen LogP contribution in [0.2, 0.25) is 0 Å². The van der Waals surface area contributed by atoms with Crippen molar-refractivity contribution < 1.29 is 18.7 Å². The van der Waals surface area contributed by atoms with Crippen LogP contribution in [0.25, 0.3) is 0 Å². The maximum absolute atomic E-state index is 14.1. The summed E-state index contributed by atoms with van der Waals surface area (Å²) in [6, 6.07) is 3.15. The zero-order valence-electron chi connectivity index (χ0n) is 13.6. The highest BCUT2D eigenvalue weighted by atomic mass is 19.1. The third kappa shape index (κ3) is 4.06. The molecule has 0 bridgehead atoms. The van der Waals surface area contributed by atoms with Crippen molar-refractivity contribution in [3.8, 4) is 0 Å². The summed E-state index contributed by atoms with van der Waals surface area (Å²) in [5.74, 6) is -1.88. The first kappa shape index (κ1) is 17.8. The van der Waals surface area contributed by atoms with Gasteiger partial charge in [0.1, 0.15) is 17.7 Å². The molecule has 1 aromatic carbocycles. The molecule has 1 heterocycles. The quantitative estimate of drug-likeness (QED) is 0.873. The number of hydrogen-bond acceptors (Lipinski definition) is 3. The van der Waals surface area contributed by atoms with Crippen LogP contribution >= 0.6 is 0 Å². The molecule has 23 heavy (non-hydrogen) atoms. The minimum Gasteiger partial charge on any atom is -0.480 e. The normalized spacial score (nSPS) is 19.5. The summed E-state index contributed by atoms with van der Waals surface area (Å²) in [5, 5.41) is 9.25. The van der Waals surface area contributed by atoms with Gasteiger partial charge in [0.2, 0.25) is 0 Å². The van der Waals surface area contributed by atoms with Crippen molar-refractivity contribution in [3.63, 3.8) is 0 Å². The lowest BCUT2D eigenvalue weighted by molar-refractivity contribution is -0.144. The number of rotatable bonds is 6. The van der Waals surface area contributed by atoms with Crippen LogP contribution in [0.5, 0.6) is 0 Å². The van der Waals surface area contributed by atoms with Crippen LogP contribution in [0.3, 0.4) is 0 Å². The summed E-state index contributed by atoms with van der Waals surface area (Å²) in [5.41, 5.74) is 0.507. The molecular weight excluding hydrogens is 302 g/mol. The average molecular weight is 326 g/mol. The Morgan fingerprint density at radius 2 is 1.74 bits per heavy atom. The zero-order chi connectivity index (χ0) is 17.0. The fourth-order valence-corrected chi connectivity index (χ4v) is 3.40. The molecule has 128 valence electrons. The highest BCUT2D eigenvalue weighted by Gasteiger charge is 2.30. The second kappa shape index (κ2) is 7.84. The van der Waals surface area contributed by atoms with Gasteiger partial charge in [-0.15, -0.1) is 0 Å². The fourth-order valence-electron chi connectivity index (χ4n) is 3.40. The van der Waals surface area contributed by atoms with Gasteiger partial charge in [-0.2, -0.15) is 0 Å². The van der Waals surface area contributed by atoms with Crippen molar-refractivity contribution in [2.45, 2.75) is 38.8 Å². The number of hydrogen-bond donors (Lipinski definition) is 1. The summed E-state index contributed by atoms with van der Waals surface area (Å²) < 4.78 is 27.1. The molecule has 1 aliphatic heterocycles. The Morgan fingerprint density at radius 1 is 1.13 bits per heavy atom. The molecule has 1 aliphatic rings. The Labute approximate surface area is 135 Å². The van der Waals surface area contributed by atoms with Crippen LogP contribution in [-0.2, 0) is 4.79 Å². The first-order chi connectivity index (χ1) is 11.0. The first-order valence-corrected chi connectivity index (χ1v) is 8.13.